The molecule has 1 aromatic heterocycles. The van der Waals surface area contributed by atoms with Gasteiger partial charge in [-0.15, -0.1) is 0 Å². The van der Waals surface area contributed by atoms with Crippen LogP contribution in [0, 0.1) is 5.92 Å². The zero-order valence-electron chi connectivity index (χ0n) is 9.15. The quantitative estimate of drug-likeness (QED) is 0.720. The third-order valence-electron chi connectivity index (χ3n) is 2.48. The first-order chi connectivity index (χ1) is 7.27. The molecule has 4 heteroatoms. The van der Waals surface area contributed by atoms with Gasteiger partial charge in [0, 0.05) is 37.9 Å². The molecule has 1 rings (SSSR count). The lowest BCUT2D eigenvalue weighted by Gasteiger charge is -2.12. The van der Waals surface area contributed by atoms with Crippen molar-refractivity contribution in [2.75, 3.05) is 13.1 Å². The third-order valence-corrected chi connectivity index (χ3v) is 2.48. The summed E-state index contributed by atoms with van der Waals surface area (Å²) in [6.07, 6.45) is 4.75. The minimum Gasteiger partial charge on any atom is -0.354 e. The van der Waals surface area contributed by atoms with E-state index < -0.39 is 0 Å². The maximum Gasteiger partial charge on any atom is 0.224 e. The van der Waals surface area contributed by atoms with Gasteiger partial charge in [-0.2, -0.15) is 0 Å². The van der Waals surface area contributed by atoms with Gasteiger partial charge in [0.05, 0.1) is 0 Å². The molecule has 0 saturated carbocycles. The van der Waals surface area contributed by atoms with E-state index in [9.17, 15) is 4.79 Å². The smallest absolute Gasteiger partial charge is 0.224 e. The van der Waals surface area contributed by atoms with E-state index >= 15 is 0 Å². The van der Waals surface area contributed by atoms with Crippen LogP contribution in [-0.4, -0.2) is 23.6 Å². The van der Waals surface area contributed by atoms with E-state index in [2.05, 4.69) is 5.32 Å². The fourth-order valence-corrected chi connectivity index (χ4v) is 1.43. The standard InChI is InChI=1S/C11H19N3O/c1-2-10(9-12)11(15)13-5-8-14-6-3-4-7-14/h3-4,6-7,10H,2,5,8-9,12H2,1H3,(H,13,15). The largest absolute Gasteiger partial charge is 0.354 e. The third kappa shape index (κ3) is 3.75. The second-order valence-corrected chi connectivity index (χ2v) is 3.55. The molecule has 0 saturated heterocycles. The summed E-state index contributed by atoms with van der Waals surface area (Å²) in [6.45, 7) is 3.86. The highest BCUT2D eigenvalue weighted by Crippen LogP contribution is 1.99. The van der Waals surface area contributed by atoms with Gasteiger partial charge >= 0.3 is 0 Å². The Labute approximate surface area is 90.5 Å². The van der Waals surface area contributed by atoms with Crippen LogP contribution in [0.5, 0.6) is 0 Å². The number of aromatic nitrogens is 1. The number of nitrogens with two attached hydrogens (primary N) is 1. The van der Waals surface area contributed by atoms with Crippen molar-refractivity contribution in [3.05, 3.63) is 24.5 Å². The number of hydrogen-bond donors (Lipinski definition) is 2. The second-order valence-electron chi connectivity index (χ2n) is 3.55. The lowest BCUT2D eigenvalue weighted by Crippen LogP contribution is -2.36. The summed E-state index contributed by atoms with van der Waals surface area (Å²) in [4.78, 5) is 11.5. The summed E-state index contributed by atoms with van der Waals surface area (Å²) in [5.74, 6) is 0.0156. The highest BCUT2D eigenvalue weighted by Gasteiger charge is 2.12. The van der Waals surface area contributed by atoms with E-state index in [-0.39, 0.29) is 11.8 Å². The molecule has 0 radical (unpaired) electrons. The van der Waals surface area contributed by atoms with Crippen LogP contribution in [0.15, 0.2) is 24.5 Å². The molecule has 0 aliphatic heterocycles. The molecule has 0 spiro atoms. The van der Waals surface area contributed by atoms with E-state index in [1.165, 1.54) is 0 Å². The maximum atomic E-state index is 11.5. The summed E-state index contributed by atoms with van der Waals surface area (Å²) in [7, 11) is 0. The van der Waals surface area contributed by atoms with Crippen LogP contribution in [-0.2, 0) is 11.3 Å². The molecule has 1 atom stereocenters. The SMILES string of the molecule is CCC(CN)C(=O)NCCn1cccc1. The fraction of sp³-hybridized carbons (Fsp3) is 0.545. The molecule has 0 bridgehead atoms. The van der Waals surface area contributed by atoms with Gasteiger partial charge in [-0.25, -0.2) is 0 Å². The highest BCUT2D eigenvalue weighted by atomic mass is 16.1. The van der Waals surface area contributed by atoms with E-state index in [1.807, 2.05) is 36.0 Å². The summed E-state index contributed by atoms with van der Waals surface area (Å²) < 4.78 is 2.03. The zero-order chi connectivity index (χ0) is 11.1. The van der Waals surface area contributed by atoms with Crippen molar-refractivity contribution < 1.29 is 4.79 Å². The van der Waals surface area contributed by atoms with Crippen LogP contribution in [0.4, 0.5) is 0 Å². The Bertz CT molecular complexity index is 278. The number of rotatable bonds is 6. The Morgan fingerprint density at radius 2 is 2.13 bits per heavy atom. The van der Waals surface area contributed by atoms with Crippen LogP contribution in [0.1, 0.15) is 13.3 Å². The van der Waals surface area contributed by atoms with E-state index in [1.54, 1.807) is 0 Å². The predicted molar refractivity (Wildman–Crippen MR) is 60.3 cm³/mol. The molecule has 15 heavy (non-hydrogen) atoms. The Hall–Kier alpha value is -1.29. The maximum absolute atomic E-state index is 11.5. The molecule has 3 N–H and O–H groups in total. The predicted octanol–water partition coefficient (Wildman–Crippen LogP) is 0.589. The topological polar surface area (TPSA) is 60.1 Å². The Kier molecular flexibility index (Phi) is 4.90. The fourth-order valence-electron chi connectivity index (χ4n) is 1.43. The van der Waals surface area contributed by atoms with Crippen LogP contribution >= 0.6 is 0 Å². The first-order valence-corrected chi connectivity index (χ1v) is 5.36. The minimum atomic E-state index is -0.0466. The molecule has 1 amide bonds. The molecule has 84 valence electrons. The van der Waals surface area contributed by atoms with E-state index in [0.29, 0.717) is 13.1 Å². The Morgan fingerprint density at radius 3 is 2.67 bits per heavy atom. The molecule has 4 nitrogen and oxygen atoms in total. The zero-order valence-corrected chi connectivity index (χ0v) is 9.15. The van der Waals surface area contributed by atoms with Gasteiger partial charge in [-0.3, -0.25) is 4.79 Å². The van der Waals surface area contributed by atoms with Gasteiger partial charge in [-0.1, -0.05) is 6.92 Å². The molecule has 0 aliphatic rings. The summed E-state index contributed by atoms with van der Waals surface area (Å²) >= 11 is 0. The molecule has 1 heterocycles. The average molecular weight is 209 g/mol. The van der Waals surface area contributed by atoms with Gasteiger partial charge in [0.2, 0.25) is 5.91 Å². The number of nitrogens with zero attached hydrogens (tertiary/aromatic N) is 1. The Morgan fingerprint density at radius 1 is 1.47 bits per heavy atom. The van der Waals surface area contributed by atoms with Gasteiger partial charge < -0.3 is 15.6 Å². The van der Waals surface area contributed by atoms with Crippen LogP contribution in [0.2, 0.25) is 0 Å². The van der Waals surface area contributed by atoms with E-state index in [0.717, 1.165) is 13.0 Å². The number of hydrogen-bond acceptors (Lipinski definition) is 2. The number of carbonyl (C=O) groups excluding carboxylic acids is 1. The summed E-state index contributed by atoms with van der Waals surface area (Å²) in [5.41, 5.74) is 5.48. The van der Waals surface area contributed by atoms with Gasteiger partial charge in [-0.05, 0) is 18.6 Å². The first kappa shape index (κ1) is 11.8. The van der Waals surface area contributed by atoms with Crippen molar-refractivity contribution in [3.63, 3.8) is 0 Å². The number of carbonyl (C=O) groups is 1. The van der Waals surface area contributed by atoms with Crippen molar-refractivity contribution in [1.82, 2.24) is 9.88 Å². The van der Waals surface area contributed by atoms with Crippen molar-refractivity contribution in [2.45, 2.75) is 19.9 Å². The lowest BCUT2D eigenvalue weighted by molar-refractivity contribution is -0.124. The van der Waals surface area contributed by atoms with Crippen molar-refractivity contribution in [2.24, 2.45) is 11.7 Å². The first-order valence-electron chi connectivity index (χ1n) is 5.36. The molecular weight excluding hydrogens is 190 g/mol. The van der Waals surface area contributed by atoms with Crippen LogP contribution in [0.25, 0.3) is 0 Å². The lowest BCUT2D eigenvalue weighted by atomic mass is 10.1. The second kappa shape index (κ2) is 6.24. The molecule has 0 fully saturated rings. The van der Waals surface area contributed by atoms with Gasteiger partial charge in [0.1, 0.15) is 0 Å². The Balaban J connectivity index is 2.22. The molecule has 1 aromatic rings. The van der Waals surface area contributed by atoms with Gasteiger partial charge in [0.25, 0.3) is 0 Å². The van der Waals surface area contributed by atoms with E-state index in [4.69, 9.17) is 5.73 Å². The summed E-state index contributed by atoms with van der Waals surface area (Å²) in [6, 6.07) is 3.94. The monoisotopic (exact) mass is 209 g/mol. The molecule has 1 unspecified atom stereocenters. The molecular formula is C11H19N3O. The van der Waals surface area contributed by atoms with Crippen molar-refractivity contribution in [1.29, 1.82) is 0 Å². The van der Waals surface area contributed by atoms with Gasteiger partial charge in [0.15, 0.2) is 0 Å². The van der Waals surface area contributed by atoms with Crippen LogP contribution in [0.3, 0.4) is 0 Å². The number of amides is 1. The van der Waals surface area contributed by atoms with Crippen molar-refractivity contribution >= 4 is 5.91 Å². The summed E-state index contributed by atoms with van der Waals surface area (Å²) in [5, 5.41) is 2.88. The highest BCUT2D eigenvalue weighted by molar-refractivity contribution is 5.78. The average Bonchev–Trinajstić information content (AvgIpc) is 2.72. The normalized spacial score (nSPS) is 12.4. The minimum absolute atomic E-state index is 0.0466. The number of nitrogens with one attached hydrogen (secondary N) is 1. The van der Waals surface area contributed by atoms with Crippen LogP contribution < -0.4 is 11.1 Å². The molecule has 0 aliphatic carbocycles. The van der Waals surface area contributed by atoms with Crippen molar-refractivity contribution in [3.8, 4) is 0 Å². The molecule has 0 aromatic carbocycles.